The van der Waals surface area contributed by atoms with Crippen molar-refractivity contribution in [2.45, 2.75) is 25.4 Å². The van der Waals surface area contributed by atoms with Crippen LogP contribution in [-0.2, 0) is 0 Å². The summed E-state index contributed by atoms with van der Waals surface area (Å²) in [7, 11) is -1.72. The lowest BCUT2D eigenvalue weighted by Crippen LogP contribution is -2.40. The second-order valence-electron chi connectivity index (χ2n) is 8.17. The van der Waals surface area contributed by atoms with Gasteiger partial charge in [0, 0.05) is 10.8 Å². The zero-order valence-electron chi connectivity index (χ0n) is 15.8. The van der Waals surface area contributed by atoms with Crippen LogP contribution in [0.1, 0.15) is 5.79 Å². The summed E-state index contributed by atoms with van der Waals surface area (Å²) in [6.07, 6.45) is 0. The first-order valence-electron chi connectivity index (χ1n) is 9.33. The minimum atomic E-state index is -1.72. The summed E-state index contributed by atoms with van der Waals surface area (Å²) < 4.78 is 4.62. The molecule has 4 nitrogen and oxygen atoms in total. The Kier molecular flexibility index (Phi) is 3.49. The van der Waals surface area contributed by atoms with Crippen LogP contribution in [0.15, 0.2) is 72.8 Å². The molecule has 134 valence electrons. The minimum Gasteiger partial charge on any atom is -0.321 e. The van der Waals surface area contributed by atoms with Crippen molar-refractivity contribution < 1.29 is 0 Å². The monoisotopic (exact) mass is 370 g/mol. The number of aromatic nitrogens is 4. The number of hydrogen-bond donors (Lipinski definition) is 0. The van der Waals surface area contributed by atoms with Crippen LogP contribution in [0.2, 0.25) is 19.6 Å². The van der Waals surface area contributed by atoms with Gasteiger partial charge >= 0.3 is 0 Å². The fourth-order valence-corrected chi connectivity index (χ4v) is 6.12. The minimum absolute atomic E-state index is 0.134. The van der Waals surface area contributed by atoms with Gasteiger partial charge in [-0.15, -0.1) is 5.10 Å². The highest BCUT2D eigenvalue weighted by Crippen LogP contribution is 2.36. The van der Waals surface area contributed by atoms with Gasteiger partial charge in [0.2, 0.25) is 0 Å². The molecule has 0 fully saturated rings. The Labute approximate surface area is 159 Å². The van der Waals surface area contributed by atoms with Crippen LogP contribution in [-0.4, -0.2) is 27.6 Å². The van der Waals surface area contributed by atoms with Crippen molar-refractivity contribution >= 4 is 40.9 Å². The predicted molar refractivity (Wildman–Crippen MR) is 115 cm³/mol. The van der Waals surface area contributed by atoms with Gasteiger partial charge in [0.25, 0.3) is 0 Å². The Balaban J connectivity index is 1.91. The standard InChI is InChI=1S/C22H22N4Si/c1-27(2,3)22(26-21-15-9-6-12-18(21)23-24-26)25-19-13-7-4-10-16(19)17-11-5-8-14-20(17)25/h4-15,22H,1-3H3. The molecule has 0 bridgehead atoms. The highest BCUT2D eigenvalue weighted by atomic mass is 28.3. The highest BCUT2D eigenvalue weighted by Gasteiger charge is 2.34. The Morgan fingerprint density at radius 2 is 1.22 bits per heavy atom. The summed E-state index contributed by atoms with van der Waals surface area (Å²) in [5.74, 6) is 0.134. The van der Waals surface area contributed by atoms with Gasteiger partial charge in [0.1, 0.15) is 11.3 Å². The Bertz CT molecular complexity index is 1220. The first-order valence-corrected chi connectivity index (χ1v) is 12.9. The molecule has 5 aromatic rings. The third-order valence-corrected chi connectivity index (χ3v) is 7.30. The molecule has 0 aliphatic heterocycles. The van der Waals surface area contributed by atoms with Gasteiger partial charge < -0.3 is 4.57 Å². The fourth-order valence-electron chi connectivity index (χ4n) is 4.15. The summed E-state index contributed by atoms with van der Waals surface area (Å²) in [6.45, 7) is 7.20. The molecule has 0 aliphatic carbocycles. The first-order chi connectivity index (χ1) is 13.1. The van der Waals surface area contributed by atoms with Crippen LogP contribution in [0.5, 0.6) is 0 Å². The normalized spacial score (nSPS) is 13.6. The van der Waals surface area contributed by atoms with E-state index in [0.29, 0.717) is 0 Å². The van der Waals surface area contributed by atoms with Crippen molar-refractivity contribution in [3.05, 3.63) is 72.8 Å². The number of fused-ring (bicyclic) bond motifs is 4. The smallest absolute Gasteiger partial charge is 0.116 e. The van der Waals surface area contributed by atoms with Crippen molar-refractivity contribution in [3.8, 4) is 0 Å². The molecule has 0 spiro atoms. The van der Waals surface area contributed by atoms with E-state index in [0.717, 1.165) is 11.0 Å². The number of nitrogens with zero attached hydrogens (tertiary/aromatic N) is 4. The number of benzene rings is 3. The van der Waals surface area contributed by atoms with Crippen LogP contribution >= 0.6 is 0 Å². The Morgan fingerprint density at radius 1 is 0.704 bits per heavy atom. The second kappa shape index (κ2) is 5.79. The largest absolute Gasteiger partial charge is 0.321 e. The maximum absolute atomic E-state index is 4.61. The first kappa shape index (κ1) is 16.3. The maximum Gasteiger partial charge on any atom is 0.116 e. The lowest BCUT2D eigenvalue weighted by atomic mass is 10.2. The van der Waals surface area contributed by atoms with E-state index in [1.807, 2.05) is 12.1 Å². The molecule has 27 heavy (non-hydrogen) atoms. The summed E-state index contributed by atoms with van der Waals surface area (Å²) in [6, 6.07) is 25.6. The van der Waals surface area contributed by atoms with E-state index >= 15 is 0 Å². The summed E-state index contributed by atoms with van der Waals surface area (Å²) in [5.41, 5.74) is 4.55. The summed E-state index contributed by atoms with van der Waals surface area (Å²) in [5, 5.41) is 11.6. The van der Waals surface area contributed by atoms with Crippen LogP contribution < -0.4 is 0 Å². The third-order valence-electron chi connectivity index (χ3n) is 5.25. The number of rotatable bonds is 3. The molecule has 3 aromatic carbocycles. The van der Waals surface area contributed by atoms with Crippen LogP contribution in [0.4, 0.5) is 0 Å². The zero-order chi connectivity index (χ0) is 18.6. The molecule has 5 rings (SSSR count). The van der Waals surface area contributed by atoms with Gasteiger partial charge in [-0.1, -0.05) is 73.4 Å². The zero-order valence-corrected chi connectivity index (χ0v) is 16.8. The van der Waals surface area contributed by atoms with E-state index in [2.05, 4.69) is 99.9 Å². The van der Waals surface area contributed by atoms with Gasteiger partial charge in [-0.3, -0.25) is 0 Å². The van der Waals surface area contributed by atoms with Crippen LogP contribution in [0, 0.1) is 0 Å². The second-order valence-corrected chi connectivity index (χ2v) is 13.4. The van der Waals surface area contributed by atoms with Crippen molar-refractivity contribution in [1.82, 2.24) is 19.6 Å². The summed E-state index contributed by atoms with van der Waals surface area (Å²) >= 11 is 0. The van der Waals surface area contributed by atoms with Gasteiger partial charge in [0.15, 0.2) is 0 Å². The molecule has 0 saturated heterocycles. The predicted octanol–water partition coefficient (Wildman–Crippen LogP) is 5.46. The Hall–Kier alpha value is -2.92. The molecular weight excluding hydrogens is 348 g/mol. The SMILES string of the molecule is C[Si](C)(C)C(n1nnc2ccccc21)n1c2ccccc2c2ccccc21. The quantitative estimate of drug-likeness (QED) is 0.395. The van der Waals surface area contributed by atoms with Gasteiger partial charge in [-0.25, -0.2) is 4.68 Å². The fraction of sp³-hybridized carbons (Fsp3) is 0.182. The van der Waals surface area contributed by atoms with Crippen molar-refractivity contribution in [1.29, 1.82) is 0 Å². The van der Waals surface area contributed by atoms with Gasteiger partial charge in [0.05, 0.1) is 24.6 Å². The van der Waals surface area contributed by atoms with E-state index < -0.39 is 8.07 Å². The van der Waals surface area contributed by atoms with E-state index in [1.165, 1.54) is 21.8 Å². The van der Waals surface area contributed by atoms with E-state index in [9.17, 15) is 0 Å². The van der Waals surface area contributed by atoms with Crippen molar-refractivity contribution in [2.75, 3.05) is 0 Å². The van der Waals surface area contributed by atoms with Crippen molar-refractivity contribution in [2.24, 2.45) is 0 Å². The number of hydrogen-bond acceptors (Lipinski definition) is 2. The number of para-hydroxylation sites is 3. The van der Waals surface area contributed by atoms with Crippen molar-refractivity contribution in [3.63, 3.8) is 0 Å². The average molecular weight is 371 g/mol. The lowest BCUT2D eigenvalue weighted by Gasteiger charge is -2.32. The third kappa shape index (κ3) is 2.42. The molecule has 0 aliphatic rings. The molecule has 0 N–H and O–H groups in total. The van der Waals surface area contributed by atoms with Gasteiger partial charge in [-0.2, -0.15) is 0 Å². The van der Waals surface area contributed by atoms with E-state index in [1.54, 1.807) is 0 Å². The summed E-state index contributed by atoms with van der Waals surface area (Å²) in [4.78, 5) is 0. The Morgan fingerprint density at radius 3 is 1.81 bits per heavy atom. The van der Waals surface area contributed by atoms with Gasteiger partial charge in [-0.05, 0) is 24.3 Å². The maximum atomic E-state index is 4.61. The lowest BCUT2D eigenvalue weighted by molar-refractivity contribution is 0.522. The topological polar surface area (TPSA) is 35.6 Å². The van der Waals surface area contributed by atoms with Crippen LogP contribution in [0.3, 0.4) is 0 Å². The molecule has 1 unspecified atom stereocenters. The molecule has 5 heteroatoms. The molecule has 1 atom stereocenters. The highest BCUT2D eigenvalue weighted by molar-refractivity contribution is 6.77. The molecular formula is C22H22N4Si. The molecule has 0 amide bonds. The average Bonchev–Trinajstić information content (AvgIpc) is 3.22. The van der Waals surface area contributed by atoms with E-state index in [4.69, 9.17) is 0 Å². The molecule has 0 saturated carbocycles. The van der Waals surface area contributed by atoms with Crippen LogP contribution in [0.25, 0.3) is 32.8 Å². The van der Waals surface area contributed by atoms with E-state index in [-0.39, 0.29) is 5.79 Å². The molecule has 2 heterocycles. The molecule has 2 aromatic heterocycles. The molecule has 0 radical (unpaired) electrons.